The maximum atomic E-state index is 13.1. The second kappa shape index (κ2) is 8.19. The number of nitrogens with zero attached hydrogens (tertiary/aromatic N) is 2. The van der Waals surface area contributed by atoms with E-state index in [-0.39, 0.29) is 5.91 Å². The summed E-state index contributed by atoms with van der Waals surface area (Å²) in [7, 11) is 1.70. The smallest absolute Gasteiger partial charge is 0.265 e. The third-order valence-corrected chi connectivity index (χ3v) is 6.93. The van der Waals surface area contributed by atoms with Crippen molar-refractivity contribution in [2.75, 3.05) is 20.2 Å². The third kappa shape index (κ3) is 4.04. The Balaban J connectivity index is 1.46. The molecule has 1 aromatic carbocycles. The van der Waals surface area contributed by atoms with E-state index in [0.717, 1.165) is 59.2 Å². The number of H-pyrrole nitrogens is 1. The number of rotatable bonds is 5. The molecule has 0 aliphatic carbocycles. The van der Waals surface area contributed by atoms with Gasteiger partial charge in [0.05, 0.1) is 17.8 Å². The van der Waals surface area contributed by atoms with Crippen molar-refractivity contribution in [3.05, 3.63) is 45.5 Å². The standard InChI is InChI=1S/C23H29N3O2S/c1-14(2)11-21-25-15(3)22(29-21)23(27)26-9-7-16(8-10-26)19-13-24-20-6-5-17(28-4)12-18(19)20/h5-6,12-14,16,24H,7-11H2,1-4H3. The second-order valence-electron chi connectivity index (χ2n) is 8.34. The molecule has 5 nitrogen and oxygen atoms in total. The number of aromatic amines is 1. The highest BCUT2D eigenvalue weighted by Gasteiger charge is 2.28. The summed E-state index contributed by atoms with van der Waals surface area (Å²) in [6.45, 7) is 7.90. The van der Waals surface area contributed by atoms with E-state index in [4.69, 9.17) is 4.74 Å². The number of aromatic nitrogens is 2. The summed E-state index contributed by atoms with van der Waals surface area (Å²) < 4.78 is 5.40. The van der Waals surface area contributed by atoms with Crippen LogP contribution in [0, 0.1) is 12.8 Å². The summed E-state index contributed by atoms with van der Waals surface area (Å²) in [5, 5.41) is 2.30. The Morgan fingerprint density at radius 1 is 1.34 bits per heavy atom. The molecular weight excluding hydrogens is 382 g/mol. The molecule has 1 N–H and O–H groups in total. The summed E-state index contributed by atoms with van der Waals surface area (Å²) in [6.07, 6.45) is 5.02. The van der Waals surface area contributed by atoms with Crippen molar-refractivity contribution in [3.8, 4) is 5.75 Å². The van der Waals surface area contributed by atoms with E-state index in [1.54, 1.807) is 18.4 Å². The average molecular weight is 412 g/mol. The zero-order chi connectivity index (χ0) is 20.5. The molecule has 29 heavy (non-hydrogen) atoms. The van der Waals surface area contributed by atoms with Crippen molar-refractivity contribution in [3.63, 3.8) is 0 Å². The average Bonchev–Trinajstić information content (AvgIpc) is 3.29. The van der Waals surface area contributed by atoms with Gasteiger partial charge in [-0.3, -0.25) is 4.79 Å². The van der Waals surface area contributed by atoms with E-state index in [1.807, 2.05) is 17.9 Å². The van der Waals surface area contributed by atoms with Crippen LogP contribution in [0.25, 0.3) is 10.9 Å². The minimum Gasteiger partial charge on any atom is -0.497 e. The first kappa shape index (κ1) is 20.0. The molecule has 1 saturated heterocycles. The van der Waals surface area contributed by atoms with Crippen LogP contribution in [0.2, 0.25) is 0 Å². The summed E-state index contributed by atoms with van der Waals surface area (Å²) >= 11 is 1.57. The van der Waals surface area contributed by atoms with Crippen LogP contribution in [0.15, 0.2) is 24.4 Å². The highest BCUT2D eigenvalue weighted by molar-refractivity contribution is 7.13. The normalized spacial score (nSPS) is 15.4. The number of nitrogens with one attached hydrogen (secondary N) is 1. The zero-order valence-corrected chi connectivity index (χ0v) is 18.4. The fourth-order valence-electron chi connectivity index (χ4n) is 4.21. The van der Waals surface area contributed by atoms with Gasteiger partial charge in [0, 0.05) is 36.6 Å². The number of thiazole rings is 1. The maximum Gasteiger partial charge on any atom is 0.265 e. The van der Waals surface area contributed by atoms with Gasteiger partial charge in [0.1, 0.15) is 10.6 Å². The van der Waals surface area contributed by atoms with Crippen LogP contribution in [-0.4, -0.2) is 41.0 Å². The molecule has 6 heteroatoms. The van der Waals surface area contributed by atoms with Gasteiger partial charge in [-0.15, -0.1) is 11.3 Å². The van der Waals surface area contributed by atoms with Crippen molar-refractivity contribution in [2.45, 2.75) is 46.0 Å². The van der Waals surface area contributed by atoms with Gasteiger partial charge in [-0.25, -0.2) is 4.98 Å². The molecule has 3 heterocycles. The zero-order valence-electron chi connectivity index (χ0n) is 17.6. The Morgan fingerprint density at radius 3 is 2.79 bits per heavy atom. The SMILES string of the molecule is COc1ccc2[nH]cc(C3CCN(C(=O)c4sc(CC(C)C)nc4C)CC3)c2c1. The quantitative estimate of drug-likeness (QED) is 0.631. The molecule has 4 rings (SSSR count). The minimum absolute atomic E-state index is 0.147. The number of amides is 1. The number of methoxy groups -OCH3 is 1. The lowest BCUT2D eigenvalue weighted by molar-refractivity contribution is 0.0717. The number of fused-ring (bicyclic) bond motifs is 1. The van der Waals surface area contributed by atoms with Gasteiger partial charge in [-0.05, 0) is 55.4 Å². The largest absolute Gasteiger partial charge is 0.497 e. The molecular formula is C23H29N3O2S. The number of carbonyl (C=O) groups is 1. The van der Waals surface area contributed by atoms with Crippen molar-refractivity contribution in [1.29, 1.82) is 0 Å². The molecule has 0 unspecified atom stereocenters. The summed E-state index contributed by atoms with van der Waals surface area (Å²) in [4.78, 5) is 23.9. The van der Waals surface area contributed by atoms with Crippen molar-refractivity contribution in [2.24, 2.45) is 5.92 Å². The first-order chi connectivity index (χ1) is 14.0. The molecule has 3 aromatic rings. The monoisotopic (exact) mass is 411 g/mol. The van der Waals surface area contributed by atoms with Crippen LogP contribution in [0.3, 0.4) is 0 Å². The summed E-state index contributed by atoms with van der Waals surface area (Å²) in [5.41, 5.74) is 3.35. The number of likely N-dealkylation sites (tertiary alicyclic amines) is 1. The molecule has 1 aliphatic rings. The Labute approximate surface area is 176 Å². The summed E-state index contributed by atoms with van der Waals surface area (Å²) in [5.74, 6) is 2.03. The topological polar surface area (TPSA) is 58.2 Å². The van der Waals surface area contributed by atoms with E-state index in [9.17, 15) is 4.79 Å². The number of carbonyl (C=O) groups excluding carboxylic acids is 1. The molecule has 1 aliphatic heterocycles. The van der Waals surface area contributed by atoms with Crippen molar-refractivity contribution >= 4 is 28.1 Å². The van der Waals surface area contributed by atoms with Gasteiger partial charge in [-0.2, -0.15) is 0 Å². The number of ether oxygens (including phenoxy) is 1. The molecule has 0 saturated carbocycles. The summed E-state index contributed by atoms with van der Waals surface area (Å²) in [6, 6.07) is 6.15. The first-order valence-electron chi connectivity index (χ1n) is 10.4. The van der Waals surface area contributed by atoms with Gasteiger partial charge in [0.25, 0.3) is 5.91 Å². The van der Waals surface area contributed by atoms with E-state index in [1.165, 1.54) is 10.9 Å². The Morgan fingerprint density at radius 2 is 2.10 bits per heavy atom. The minimum atomic E-state index is 0.147. The van der Waals surface area contributed by atoms with Crippen molar-refractivity contribution < 1.29 is 9.53 Å². The van der Waals surface area contributed by atoms with Crippen LogP contribution >= 0.6 is 11.3 Å². The molecule has 154 valence electrons. The molecule has 2 aromatic heterocycles. The van der Waals surface area contributed by atoms with Crippen molar-refractivity contribution in [1.82, 2.24) is 14.9 Å². The lowest BCUT2D eigenvalue weighted by Crippen LogP contribution is -2.37. The van der Waals surface area contributed by atoms with Crippen LogP contribution < -0.4 is 4.74 Å². The van der Waals surface area contributed by atoms with E-state index in [0.29, 0.717) is 11.8 Å². The predicted octanol–water partition coefficient (Wildman–Crippen LogP) is 5.16. The van der Waals surface area contributed by atoms with Gasteiger partial charge in [-0.1, -0.05) is 13.8 Å². The number of hydrogen-bond donors (Lipinski definition) is 1. The number of benzene rings is 1. The van der Waals surface area contributed by atoms with Gasteiger partial charge >= 0.3 is 0 Å². The van der Waals surface area contributed by atoms with E-state index < -0.39 is 0 Å². The van der Waals surface area contributed by atoms with Gasteiger partial charge < -0.3 is 14.6 Å². The number of aryl methyl sites for hydroxylation is 1. The Hall–Kier alpha value is -2.34. The molecule has 0 bridgehead atoms. The second-order valence-corrected chi connectivity index (χ2v) is 9.43. The fourth-order valence-corrected chi connectivity index (χ4v) is 5.46. The molecule has 0 spiro atoms. The van der Waals surface area contributed by atoms with Crippen LogP contribution in [-0.2, 0) is 6.42 Å². The Bertz CT molecular complexity index is 1010. The maximum absolute atomic E-state index is 13.1. The van der Waals surface area contributed by atoms with Gasteiger partial charge in [0.15, 0.2) is 0 Å². The molecule has 0 atom stereocenters. The Kier molecular flexibility index (Phi) is 5.63. The van der Waals surface area contributed by atoms with Gasteiger partial charge in [0.2, 0.25) is 0 Å². The molecule has 0 radical (unpaired) electrons. The molecule has 1 amide bonds. The molecule has 1 fully saturated rings. The van der Waals surface area contributed by atoms with Crippen LogP contribution in [0.1, 0.15) is 58.5 Å². The third-order valence-electron chi connectivity index (χ3n) is 5.76. The fraction of sp³-hybridized carbons (Fsp3) is 0.478. The van der Waals surface area contributed by atoms with Crippen LogP contribution in [0.5, 0.6) is 5.75 Å². The van der Waals surface area contributed by atoms with Crippen LogP contribution in [0.4, 0.5) is 0 Å². The first-order valence-corrected chi connectivity index (χ1v) is 11.2. The lowest BCUT2D eigenvalue weighted by Gasteiger charge is -2.31. The highest BCUT2D eigenvalue weighted by Crippen LogP contribution is 2.35. The number of hydrogen-bond acceptors (Lipinski definition) is 4. The number of piperidine rings is 1. The lowest BCUT2D eigenvalue weighted by atomic mass is 9.89. The predicted molar refractivity (Wildman–Crippen MR) is 118 cm³/mol. The van der Waals surface area contributed by atoms with E-state index >= 15 is 0 Å². The van der Waals surface area contributed by atoms with E-state index in [2.05, 4.69) is 42.1 Å². The highest BCUT2D eigenvalue weighted by atomic mass is 32.1.